The van der Waals surface area contributed by atoms with Crippen molar-refractivity contribution >= 4 is 43.1 Å². The van der Waals surface area contributed by atoms with E-state index in [1.807, 2.05) is 18.2 Å². The van der Waals surface area contributed by atoms with Gasteiger partial charge in [0.15, 0.2) is 17.5 Å². The van der Waals surface area contributed by atoms with Crippen LogP contribution in [0.25, 0.3) is 88.4 Å². The van der Waals surface area contributed by atoms with Crippen molar-refractivity contribution in [2.75, 3.05) is 0 Å². The van der Waals surface area contributed by atoms with Crippen LogP contribution in [0.4, 0.5) is 0 Å². The summed E-state index contributed by atoms with van der Waals surface area (Å²) in [5.74, 6) is 1.97. The van der Waals surface area contributed by atoms with E-state index in [4.69, 9.17) is 15.0 Å². The molecule has 0 atom stereocenters. The second-order valence-electron chi connectivity index (χ2n) is 11.6. The van der Waals surface area contributed by atoms with E-state index >= 15 is 0 Å². The Morgan fingerprint density at radius 3 is 1.70 bits per heavy atom. The molecule has 0 N–H and O–H groups in total. The molecule has 1 heterocycles. The molecule has 3 nitrogen and oxygen atoms in total. The van der Waals surface area contributed by atoms with Crippen molar-refractivity contribution in [2.24, 2.45) is 0 Å². The lowest BCUT2D eigenvalue weighted by atomic mass is 9.94. The van der Waals surface area contributed by atoms with Gasteiger partial charge in [-0.05, 0) is 54.9 Å². The van der Waals surface area contributed by atoms with Crippen molar-refractivity contribution in [3.8, 4) is 45.3 Å². The molecule has 1 aromatic heterocycles. The molecule has 46 heavy (non-hydrogen) atoms. The molecule has 0 aliphatic heterocycles. The number of rotatable bonds is 4. The number of benzene rings is 8. The van der Waals surface area contributed by atoms with E-state index in [1.54, 1.807) is 0 Å². The summed E-state index contributed by atoms with van der Waals surface area (Å²) in [6.07, 6.45) is 0. The highest BCUT2D eigenvalue weighted by atomic mass is 15.0. The highest BCUT2D eigenvalue weighted by Crippen LogP contribution is 2.38. The number of hydrogen-bond acceptors (Lipinski definition) is 3. The Morgan fingerprint density at radius 2 is 0.870 bits per heavy atom. The van der Waals surface area contributed by atoms with Gasteiger partial charge in [-0.25, -0.2) is 15.0 Å². The summed E-state index contributed by atoms with van der Waals surface area (Å²) >= 11 is 0. The third kappa shape index (κ3) is 4.41. The third-order valence-electron chi connectivity index (χ3n) is 8.90. The molecule has 0 aliphatic carbocycles. The van der Waals surface area contributed by atoms with Crippen LogP contribution in [0.1, 0.15) is 0 Å². The van der Waals surface area contributed by atoms with Crippen LogP contribution < -0.4 is 0 Å². The topological polar surface area (TPSA) is 38.7 Å². The Hall–Kier alpha value is -6.19. The zero-order valence-electron chi connectivity index (χ0n) is 24.9. The summed E-state index contributed by atoms with van der Waals surface area (Å²) in [5, 5.41) is 9.52. The summed E-state index contributed by atoms with van der Waals surface area (Å²) in [6, 6.07) is 57.5. The molecular weight excluding hydrogens is 558 g/mol. The average Bonchev–Trinajstić information content (AvgIpc) is 3.14. The Morgan fingerprint density at radius 1 is 0.283 bits per heavy atom. The van der Waals surface area contributed by atoms with Crippen molar-refractivity contribution in [1.29, 1.82) is 0 Å². The Kier molecular flexibility index (Phi) is 6.14. The molecule has 9 aromatic rings. The van der Waals surface area contributed by atoms with Gasteiger partial charge in [-0.2, -0.15) is 0 Å². The summed E-state index contributed by atoms with van der Waals surface area (Å²) in [6.45, 7) is 0. The number of fused-ring (bicyclic) bond motifs is 6. The standard InChI is InChI=1S/C43H27N3/c1-3-11-28(12-4-1)34-19-10-17-32-27-33(23-24-36(32)34)42-44-41(31-14-5-2-6-15-31)45-43(46-42)39-20-9-16-30-22-25-37-35-18-8-7-13-29(35)21-26-38(37)40(30)39/h1-27H. The lowest BCUT2D eigenvalue weighted by Crippen LogP contribution is -2.00. The molecule has 0 saturated carbocycles. The summed E-state index contributed by atoms with van der Waals surface area (Å²) in [5.41, 5.74) is 5.31. The molecule has 0 radical (unpaired) electrons. The molecular formula is C43H27N3. The van der Waals surface area contributed by atoms with Crippen LogP contribution in [0.5, 0.6) is 0 Å². The van der Waals surface area contributed by atoms with Crippen molar-refractivity contribution in [1.82, 2.24) is 15.0 Å². The highest BCUT2D eigenvalue weighted by molar-refractivity contribution is 6.20. The van der Waals surface area contributed by atoms with Gasteiger partial charge in [-0.1, -0.05) is 158 Å². The Labute approximate surface area is 266 Å². The van der Waals surface area contributed by atoms with Crippen molar-refractivity contribution < 1.29 is 0 Å². The molecule has 8 aromatic carbocycles. The van der Waals surface area contributed by atoms with Crippen LogP contribution in [-0.2, 0) is 0 Å². The first kappa shape index (κ1) is 26.2. The van der Waals surface area contributed by atoms with Crippen molar-refractivity contribution in [3.63, 3.8) is 0 Å². The first-order chi connectivity index (χ1) is 22.8. The largest absolute Gasteiger partial charge is 0.208 e. The van der Waals surface area contributed by atoms with Crippen LogP contribution in [-0.4, -0.2) is 15.0 Å². The fourth-order valence-corrected chi connectivity index (χ4v) is 6.70. The minimum Gasteiger partial charge on any atom is -0.208 e. The molecule has 0 aliphatic rings. The highest BCUT2D eigenvalue weighted by Gasteiger charge is 2.17. The van der Waals surface area contributed by atoms with E-state index in [0.717, 1.165) is 32.8 Å². The number of aromatic nitrogens is 3. The SMILES string of the molecule is c1ccc(-c2nc(-c3ccc4c(-c5ccccc5)cccc4c3)nc(-c3cccc4ccc5c6ccccc6ccc5c34)n2)cc1. The molecule has 0 saturated heterocycles. The second kappa shape index (κ2) is 10.8. The molecule has 0 bridgehead atoms. The van der Waals surface area contributed by atoms with Gasteiger partial charge in [0.1, 0.15) is 0 Å². The van der Waals surface area contributed by atoms with E-state index in [1.165, 1.54) is 38.1 Å². The van der Waals surface area contributed by atoms with Crippen LogP contribution in [0, 0.1) is 0 Å². The Balaban J connectivity index is 1.28. The van der Waals surface area contributed by atoms with Crippen molar-refractivity contribution in [2.45, 2.75) is 0 Å². The Bertz CT molecular complexity index is 2570. The lowest BCUT2D eigenvalue weighted by Gasteiger charge is -2.13. The normalized spacial score (nSPS) is 11.5. The van der Waals surface area contributed by atoms with Crippen LogP contribution in [0.15, 0.2) is 164 Å². The minimum absolute atomic E-state index is 0.651. The van der Waals surface area contributed by atoms with Gasteiger partial charge in [0.25, 0.3) is 0 Å². The fourth-order valence-electron chi connectivity index (χ4n) is 6.70. The molecule has 0 amide bonds. The zero-order chi connectivity index (χ0) is 30.5. The van der Waals surface area contributed by atoms with E-state index in [0.29, 0.717) is 17.5 Å². The number of hydrogen-bond donors (Lipinski definition) is 0. The van der Waals surface area contributed by atoms with Gasteiger partial charge in [0.2, 0.25) is 0 Å². The predicted molar refractivity (Wildman–Crippen MR) is 192 cm³/mol. The average molecular weight is 586 g/mol. The molecule has 0 unspecified atom stereocenters. The van der Waals surface area contributed by atoms with E-state index in [9.17, 15) is 0 Å². The quantitative estimate of drug-likeness (QED) is 0.193. The van der Waals surface area contributed by atoms with Gasteiger partial charge >= 0.3 is 0 Å². The first-order valence-corrected chi connectivity index (χ1v) is 15.5. The first-order valence-electron chi connectivity index (χ1n) is 15.5. The maximum absolute atomic E-state index is 5.18. The molecule has 0 fully saturated rings. The van der Waals surface area contributed by atoms with Gasteiger partial charge < -0.3 is 0 Å². The third-order valence-corrected chi connectivity index (χ3v) is 8.90. The monoisotopic (exact) mass is 585 g/mol. The summed E-state index contributed by atoms with van der Waals surface area (Å²) < 4.78 is 0. The van der Waals surface area contributed by atoms with Gasteiger partial charge in [-0.3, -0.25) is 0 Å². The molecule has 214 valence electrons. The smallest absolute Gasteiger partial charge is 0.164 e. The van der Waals surface area contributed by atoms with Crippen molar-refractivity contribution in [3.05, 3.63) is 164 Å². The minimum atomic E-state index is 0.651. The molecule has 0 spiro atoms. The van der Waals surface area contributed by atoms with Gasteiger partial charge in [-0.15, -0.1) is 0 Å². The second-order valence-corrected chi connectivity index (χ2v) is 11.6. The van der Waals surface area contributed by atoms with Crippen LogP contribution >= 0.6 is 0 Å². The van der Waals surface area contributed by atoms with Gasteiger partial charge in [0, 0.05) is 22.1 Å². The summed E-state index contributed by atoms with van der Waals surface area (Å²) in [4.78, 5) is 15.3. The maximum Gasteiger partial charge on any atom is 0.164 e. The predicted octanol–water partition coefficient (Wildman–Crippen LogP) is 11.2. The van der Waals surface area contributed by atoms with Crippen LogP contribution in [0.3, 0.4) is 0 Å². The number of nitrogens with zero attached hydrogens (tertiary/aromatic N) is 3. The molecule has 3 heteroatoms. The van der Waals surface area contributed by atoms with E-state index in [-0.39, 0.29) is 0 Å². The zero-order valence-corrected chi connectivity index (χ0v) is 24.9. The van der Waals surface area contributed by atoms with Gasteiger partial charge in [0.05, 0.1) is 0 Å². The van der Waals surface area contributed by atoms with Crippen LogP contribution in [0.2, 0.25) is 0 Å². The van der Waals surface area contributed by atoms with E-state index in [2.05, 4.69) is 146 Å². The fraction of sp³-hybridized carbons (Fsp3) is 0. The molecule has 9 rings (SSSR count). The lowest BCUT2D eigenvalue weighted by molar-refractivity contribution is 1.08. The summed E-state index contributed by atoms with van der Waals surface area (Å²) in [7, 11) is 0. The maximum atomic E-state index is 5.18. The van der Waals surface area contributed by atoms with E-state index < -0.39 is 0 Å².